The van der Waals surface area contributed by atoms with Crippen LogP contribution in [-0.4, -0.2) is 35.7 Å². The van der Waals surface area contributed by atoms with E-state index in [0.29, 0.717) is 11.4 Å². The van der Waals surface area contributed by atoms with E-state index >= 15 is 0 Å². The molecule has 0 bridgehead atoms. The molecule has 1 heterocycles. The van der Waals surface area contributed by atoms with E-state index in [2.05, 4.69) is 4.98 Å². The number of hydrogen-bond donors (Lipinski definition) is 1. The van der Waals surface area contributed by atoms with Gasteiger partial charge in [0.25, 0.3) is 0 Å². The summed E-state index contributed by atoms with van der Waals surface area (Å²) in [4.78, 5) is 17.3. The molecule has 0 aliphatic rings. The number of rotatable bonds is 4. The van der Waals surface area contributed by atoms with Gasteiger partial charge in [0, 0.05) is 39.2 Å². The van der Waals surface area contributed by atoms with Gasteiger partial charge in [-0.15, -0.1) is 0 Å². The molecule has 0 saturated heterocycles. The van der Waals surface area contributed by atoms with Crippen molar-refractivity contribution in [3.63, 3.8) is 0 Å². The SMILES string of the molecule is CN(C)c1ccc(C(NC(=O)C(F)(F)F)c2nccn2C)cc1. The minimum Gasteiger partial charge on any atom is -0.378 e. The molecule has 1 atom stereocenters. The molecule has 0 saturated carbocycles. The van der Waals surface area contributed by atoms with Crippen molar-refractivity contribution in [3.8, 4) is 0 Å². The molecule has 1 N–H and O–H groups in total. The topological polar surface area (TPSA) is 50.2 Å². The number of carbonyl (C=O) groups excluding carboxylic acids is 1. The lowest BCUT2D eigenvalue weighted by atomic mass is 10.1. The summed E-state index contributed by atoms with van der Waals surface area (Å²) in [5.74, 6) is -1.68. The van der Waals surface area contributed by atoms with Gasteiger partial charge in [-0.2, -0.15) is 13.2 Å². The van der Waals surface area contributed by atoms with Crippen molar-refractivity contribution in [2.45, 2.75) is 12.2 Å². The molecule has 1 aromatic carbocycles. The fourth-order valence-electron chi connectivity index (χ4n) is 2.13. The van der Waals surface area contributed by atoms with E-state index in [1.165, 1.54) is 6.20 Å². The Morgan fingerprint density at radius 1 is 1.26 bits per heavy atom. The third-order valence-corrected chi connectivity index (χ3v) is 3.39. The summed E-state index contributed by atoms with van der Waals surface area (Å²) in [6, 6.07) is 5.90. The first-order chi connectivity index (χ1) is 10.7. The fraction of sp³-hybridized carbons (Fsp3) is 0.333. The van der Waals surface area contributed by atoms with E-state index in [0.717, 1.165) is 5.69 Å². The number of benzene rings is 1. The van der Waals surface area contributed by atoms with Crippen LogP contribution in [0.15, 0.2) is 36.7 Å². The maximum absolute atomic E-state index is 12.6. The first-order valence-electron chi connectivity index (χ1n) is 6.82. The van der Waals surface area contributed by atoms with E-state index in [9.17, 15) is 18.0 Å². The molecule has 0 fully saturated rings. The van der Waals surface area contributed by atoms with E-state index in [-0.39, 0.29) is 0 Å². The maximum Gasteiger partial charge on any atom is 0.471 e. The van der Waals surface area contributed by atoms with Crippen molar-refractivity contribution in [2.75, 3.05) is 19.0 Å². The Balaban J connectivity index is 2.38. The molecule has 5 nitrogen and oxygen atoms in total. The number of carbonyl (C=O) groups is 1. The lowest BCUT2D eigenvalue weighted by molar-refractivity contribution is -0.174. The van der Waals surface area contributed by atoms with Crippen LogP contribution in [0.5, 0.6) is 0 Å². The third kappa shape index (κ3) is 3.82. The summed E-state index contributed by atoms with van der Waals surface area (Å²) < 4.78 is 39.3. The first-order valence-corrected chi connectivity index (χ1v) is 6.82. The summed E-state index contributed by atoms with van der Waals surface area (Å²) in [7, 11) is 5.37. The second kappa shape index (κ2) is 6.31. The van der Waals surface area contributed by atoms with Gasteiger partial charge in [-0.05, 0) is 17.7 Å². The molecule has 1 aromatic heterocycles. The quantitative estimate of drug-likeness (QED) is 0.938. The Morgan fingerprint density at radius 3 is 2.30 bits per heavy atom. The Labute approximate surface area is 131 Å². The number of anilines is 1. The van der Waals surface area contributed by atoms with Crippen LogP contribution in [0.4, 0.5) is 18.9 Å². The number of amides is 1. The number of alkyl halides is 3. The molecule has 1 amide bonds. The molecule has 124 valence electrons. The smallest absolute Gasteiger partial charge is 0.378 e. The third-order valence-electron chi connectivity index (χ3n) is 3.39. The van der Waals surface area contributed by atoms with Gasteiger partial charge < -0.3 is 14.8 Å². The highest BCUT2D eigenvalue weighted by molar-refractivity contribution is 5.82. The van der Waals surface area contributed by atoms with Crippen LogP contribution in [0, 0.1) is 0 Å². The molecule has 2 aromatic rings. The average molecular weight is 326 g/mol. The predicted octanol–water partition coefficient (Wildman–Crippen LogP) is 2.25. The molecule has 1 unspecified atom stereocenters. The van der Waals surface area contributed by atoms with E-state index in [1.807, 2.05) is 24.3 Å². The van der Waals surface area contributed by atoms with Crippen LogP contribution in [0.2, 0.25) is 0 Å². The Kier molecular flexibility index (Phi) is 4.63. The number of imidazole rings is 1. The molecule has 0 aliphatic carbocycles. The number of aromatic nitrogens is 2. The highest BCUT2D eigenvalue weighted by Gasteiger charge is 2.40. The van der Waals surface area contributed by atoms with E-state index < -0.39 is 18.1 Å². The highest BCUT2D eigenvalue weighted by Crippen LogP contribution is 2.25. The highest BCUT2D eigenvalue weighted by atomic mass is 19.4. The van der Waals surface area contributed by atoms with Crippen molar-refractivity contribution >= 4 is 11.6 Å². The van der Waals surface area contributed by atoms with Gasteiger partial charge in [0.15, 0.2) is 0 Å². The number of hydrogen-bond acceptors (Lipinski definition) is 3. The normalized spacial score (nSPS) is 12.8. The lowest BCUT2D eigenvalue weighted by Crippen LogP contribution is -2.40. The van der Waals surface area contributed by atoms with Crippen LogP contribution in [0.1, 0.15) is 17.4 Å². The number of aryl methyl sites for hydroxylation is 1. The van der Waals surface area contributed by atoms with Crippen LogP contribution in [0.25, 0.3) is 0 Å². The first kappa shape index (κ1) is 16.9. The number of nitrogens with zero attached hydrogens (tertiary/aromatic N) is 3. The van der Waals surface area contributed by atoms with Crippen molar-refractivity contribution in [1.82, 2.24) is 14.9 Å². The largest absolute Gasteiger partial charge is 0.471 e. The molecule has 0 aliphatic heterocycles. The molecule has 0 spiro atoms. The van der Waals surface area contributed by atoms with Crippen molar-refractivity contribution in [1.29, 1.82) is 0 Å². The summed E-state index contributed by atoms with van der Waals surface area (Å²) in [5, 5.41) is 2.00. The standard InChI is InChI=1S/C15H17F3N4O/c1-21(2)11-6-4-10(5-7-11)12(13-19-8-9-22(13)3)20-14(23)15(16,17)18/h4-9,12H,1-3H3,(H,20,23). The van der Waals surface area contributed by atoms with Gasteiger partial charge >= 0.3 is 12.1 Å². The molecular formula is C15H17F3N4O. The molecular weight excluding hydrogens is 309 g/mol. The Hall–Kier alpha value is -2.51. The molecule has 0 radical (unpaired) electrons. The lowest BCUT2D eigenvalue weighted by Gasteiger charge is -2.21. The summed E-state index contributed by atoms with van der Waals surface area (Å²) in [6.07, 6.45) is -1.88. The average Bonchev–Trinajstić information content (AvgIpc) is 2.89. The van der Waals surface area contributed by atoms with Crippen molar-refractivity contribution in [3.05, 3.63) is 48.0 Å². The van der Waals surface area contributed by atoms with Gasteiger partial charge in [-0.1, -0.05) is 12.1 Å². The Bertz CT molecular complexity index is 677. The van der Waals surface area contributed by atoms with E-state index in [1.54, 1.807) is 42.1 Å². The minimum absolute atomic E-state index is 0.320. The fourth-order valence-corrected chi connectivity index (χ4v) is 2.13. The molecule has 2 rings (SSSR count). The zero-order valence-electron chi connectivity index (χ0n) is 12.9. The molecule has 8 heteroatoms. The minimum atomic E-state index is -4.95. The molecule has 23 heavy (non-hydrogen) atoms. The Morgan fingerprint density at radius 2 is 1.87 bits per heavy atom. The van der Waals surface area contributed by atoms with Crippen LogP contribution < -0.4 is 10.2 Å². The monoisotopic (exact) mass is 326 g/mol. The van der Waals surface area contributed by atoms with Gasteiger partial charge in [0.2, 0.25) is 0 Å². The zero-order chi connectivity index (χ0) is 17.2. The van der Waals surface area contributed by atoms with Gasteiger partial charge in [0.05, 0.1) is 0 Å². The van der Waals surface area contributed by atoms with E-state index in [4.69, 9.17) is 0 Å². The number of nitrogens with one attached hydrogen (secondary N) is 1. The maximum atomic E-state index is 12.6. The van der Waals surface area contributed by atoms with Gasteiger partial charge in [0.1, 0.15) is 11.9 Å². The van der Waals surface area contributed by atoms with Crippen molar-refractivity contribution < 1.29 is 18.0 Å². The zero-order valence-corrected chi connectivity index (χ0v) is 12.9. The summed E-state index contributed by atoms with van der Waals surface area (Å²) >= 11 is 0. The van der Waals surface area contributed by atoms with Crippen LogP contribution in [0.3, 0.4) is 0 Å². The van der Waals surface area contributed by atoms with Gasteiger partial charge in [-0.3, -0.25) is 4.79 Å². The number of halogens is 3. The van der Waals surface area contributed by atoms with Crippen molar-refractivity contribution in [2.24, 2.45) is 7.05 Å². The van der Waals surface area contributed by atoms with Gasteiger partial charge in [-0.25, -0.2) is 4.98 Å². The van der Waals surface area contributed by atoms with Crippen LogP contribution in [-0.2, 0) is 11.8 Å². The van der Waals surface area contributed by atoms with Crippen LogP contribution >= 0.6 is 0 Å². The second-order valence-corrected chi connectivity index (χ2v) is 5.29. The second-order valence-electron chi connectivity index (χ2n) is 5.29. The predicted molar refractivity (Wildman–Crippen MR) is 80.0 cm³/mol. The summed E-state index contributed by atoms with van der Waals surface area (Å²) in [5.41, 5.74) is 1.41. The summed E-state index contributed by atoms with van der Waals surface area (Å²) in [6.45, 7) is 0.